The van der Waals surface area contributed by atoms with Crippen molar-refractivity contribution in [2.24, 2.45) is 4.99 Å². The van der Waals surface area contributed by atoms with Crippen molar-refractivity contribution in [3.05, 3.63) is 91.4 Å². The van der Waals surface area contributed by atoms with Gasteiger partial charge in [0.15, 0.2) is 5.84 Å². The average molecular weight is 429 g/mol. The van der Waals surface area contributed by atoms with E-state index in [1.54, 1.807) is 12.1 Å². The number of hydrogen-bond acceptors (Lipinski definition) is 3. The molecule has 0 unspecified atom stereocenters. The van der Waals surface area contributed by atoms with Gasteiger partial charge >= 0.3 is 0 Å². The van der Waals surface area contributed by atoms with E-state index in [1.807, 2.05) is 36.4 Å². The second-order valence-electron chi connectivity index (χ2n) is 6.76. The van der Waals surface area contributed by atoms with E-state index in [4.69, 9.17) is 33.3 Å². The number of nitrogens with one attached hydrogen (secondary N) is 3. The molecule has 29 heavy (non-hydrogen) atoms. The van der Waals surface area contributed by atoms with Gasteiger partial charge in [0.1, 0.15) is 17.4 Å². The normalized spacial score (nSPS) is 14.1. The smallest absolute Gasteiger partial charge is 0.271 e. The van der Waals surface area contributed by atoms with E-state index in [0.717, 1.165) is 18.4 Å². The molecule has 1 fully saturated rings. The minimum Gasteiger partial charge on any atom is -0.487 e. The molecule has 148 valence electrons. The van der Waals surface area contributed by atoms with Crippen molar-refractivity contribution in [3.8, 4) is 5.75 Å². The van der Waals surface area contributed by atoms with E-state index in [2.05, 4.69) is 15.0 Å². The monoisotopic (exact) mass is 428 g/mol. The Bertz CT molecular complexity index is 1180. The van der Waals surface area contributed by atoms with Crippen LogP contribution < -0.4 is 15.9 Å². The summed E-state index contributed by atoms with van der Waals surface area (Å²) in [7, 11) is 0. The lowest BCUT2D eigenvalue weighted by atomic mass is 10.1. The predicted molar refractivity (Wildman–Crippen MR) is 113 cm³/mol. The van der Waals surface area contributed by atoms with Gasteiger partial charge < -0.3 is 9.72 Å². The Labute approximate surface area is 176 Å². The molecule has 0 amide bonds. The molecule has 0 spiro atoms. The van der Waals surface area contributed by atoms with Crippen LogP contribution in [-0.2, 0) is 6.61 Å². The van der Waals surface area contributed by atoms with E-state index in [1.165, 1.54) is 0 Å². The number of H-pyrrole nitrogens is 2. The van der Waals surface area contributed by atoms with Crippen molar-refractivity contribution in [1.82, 2.24) is 9.97 Å². The van der Waals surface area contributed by atoms with Crippen LogP contribution in [0.15, 0.2) is 58.3 Å². The first-order valence-electron chi connectivity index (χ1n) is 9.14. The maximum absolute atomic E-state index is 12.2. The highest BCUT2D eigenvalue weighted by molar-refractivity contribution is 6.31. The van der Waals surface area contributed by atoms with E-state index in [9.17, 15) is 4.79 Å². The van der Waals surface area contributed by atoms with Crippen LogP contribution in [0.25, 0.3) is 0 Å². The molecular formula is C21H18Cl2N4O2. The molecule has 1 saturated carbocycles. The Morgan fingerprint density at radius 3 is 2.59 bits per heavy atom. The highest BCUT2D eigenvalue weighted by Crippen LogP contribution is 2.47. The van der Waals surface area contributed by atoms with Crippen LogP contribution in [0.3, 0.4) is 0 Å². The number of benzene rings is 2. The first kappa shape index (κ1) is 19.5. The summed E-state index contributed by atoms with van der Waals surface area (Å²) in [5, 5.41) is 8.79. The molecule has 0 aliphatic heterocycles. The molecule has 0 bridgehead atoms. The Morgan fingerprint density at radius 2 is 1.86 bits per heavy atom. The summed E-state index contributed by atoms with van der Waals surface area (Å²) in [6, 6.07) is 14.6. The lowest BCUT2D eigenvalue weighted by Crippen LogP contribution is -2.28. The van der Waals surface area contributed by atoms with Crippen molar-refractivity contribution >= 4 is 29.0 Å². The van der Waals surface area contributed by atoms with Crippen molar-refractivity contribution in [2.75, 3.05) is 0 Å². The fourth-order valence-corrected chi connectivity index (χ4v) is 3.49. The zero-order valence-electron chi connectivity index (χ0n) is 15.3. The summed E-state index contributed by atoms with van der Waals surface area (Å²) < 4.78 is 5.94. The second kappa shape index (κ2) is 8.27. The van der Waals surface area contributed by atoms with Crippen molar-refractivity contribution < 1.29 is 4.74 Å². The molecule has 8 heteroatoms. The van der Waals surface area contributed by atoms with Gasteiger partial charge in [-0.3, -0.25) is 15.2 Å². The zero-order valence-corrected chi connectivity index (χ0v) is 16.8. The number of aromatic nitrogens is 2. The van der Waals surface area contributed by atoms with Crippen molar-refractivity contribution in [3.63, 3.8) is 0 Å². The minimum atomic E-state index is -0.503. The van der Waals surface area contributed by atoms with E-state index < -0.39 is 5.56 Å². The molecule has 3 aromatic rings. The SMILES string of the molecule is N=C(/N=c1/[nH]c(COc2cccc(Cl)c2C2CC2)c(Cl)c(=O)[nH]1)c1ccccc1. The zero-order chi connectivity index (χ0) is 20.4. The minimum absolute atomic E-state index is 0.00908. The van der Waals surface area contributed by atoms with Crippen LogP contribution in [0.5, 0.6) is 5.75 Å². The third-order valence-electron chi connectivity index (χ3n) is 4.61. The summed E-state index contributed by atoms with van der Waals surface area (Å²) in [6.45, 7) is 0.0456. The summed E-state index contributed by atoms with van der Waals surface area (Å²) >= 11 is 12.5. The number of hydrogen-bond donors (Lipinski definition) is 3. The maximum atomic E-state index is 12.2. The molecule has 6 nitrogen and oxygen atoms in total. The van der Waals surface area contributed by atoms with Gasteiger partial charge in [0.05, 0.1) is 5.69 Å². The predicted octanol–water partition coefficient (Wildman–Crippen LogP) is 4.39. The molecule has 1 aliphatic rings. The number of rotatable bonds is 5. The largest absolute Gasteiger partial charge is 0.487 e. The fourth-order valence-electron chi connectivity index (χ4n) is 3.02. The number of amidine groups is 1. The average Bonchev–Trinajstić information content (AvgIpc) is 3.55. The molecule has 0 atom stereocenters. The third kappa shape index (κ3) is 4.44. The molecule has 4 rings (SSSR count). The number of halogens is 2. The Morgan fingerprint density at radius 1 is 1.10 bits per heavy atom. The standard InChI is InChI=1S/C21H18Cl2N4O2/c22-14-7-4-8-16(17(14)12-9-10-12)29-11-15-18(23)20(28)27-21(25-15)26-19(24)13-5-2-1-3-6-13/h1-8,12H,9-11H2,(H3,24,25,26,27,28). The van der Waals surface area contributed by atoms with Gasteiger partial charge in [-0.25, -0.2) is 0 Å². The molecule has 1 aliphatic carbocycles. The molecule has 1 aromatic heterocycles. The van der Waals surface area contributed by atoms with E-state index >= 15 is 0 Å². The molecule has 1 heterocycles. The van der Waals surface area contributed by atoms with Crippen molar-refractivity contribution in [2.45, 2.75) is 25.4 Å². The molecule has 0 saturated heterocycles. The summed E-state index contributed by atoms with van der Waals surface area (Å²) in [6.07, 6.45) is 2.17. The molecule has 3 N–H and O–H groups in total. The maximum Gasteiger partial charge on any atom is 0.271 e. The first-order chi connectivity index (χ1) is 14.0. The van der Waals surface area contributed by atoms with Gasteiger partial charge in [-0.15, -0.1) is 0 Å². The third-order valence-corrected chi connectivity index (χ3v) is 5.34. The van der Waals surface area contributed by atoms with Crippen LogP contribution in [0, 0.1) is 5.41 Å². The van der Waals surface area contributed by atoms with Crippen LogP contribution in [0.1, 0.15) is 35.6 Å². The Hall–Kier alpha value is -2.83. The van der Waals surface area contributed by atoms with E-state index in [-0.39, 0.29) is 23.1 Å². The van der Waals surface area contributed by atoms with Gasteiger partial charge in [-0.1, -0.05) is 59.6 Å². The van der Waals surface area contributed by atoms with E-state index in [0.29, 0.717) is 27.9 Å². The van der Waals surface area contributed by atoms with Gasteiger partial charge in [0, 0.05) is 16.1 Å². The molecule has 0 radical (unpaired) electrons. The number of ether oxygens (including phenoxy) is 1. The van der Waals surface area contributed by atoms with Gasteiger partial charge in [0.25, 0.3) is 5.56 Å². The van der Waals surface area contributed by atoms with Gasteiger partial charge in [0.2, 0.25) is 5.62 Å². The topological polar surface area (TPSA) is 94.1 Å². The molecular weight excluding hydrogens is 411 g/mol. The van der Waals surface area contributed by atoms with Gasteiger partial charge in [-0.05, 0) is 30.9 Å². The fraction of sp³-hybridized carbons (Fsp3) is 0.190. The number of aromatic amines is 2. The lowest BCUT2D eigenvalue weighted by molar-refractivity contribution is 0.297. The van der Waals surface area contributed by atoms with Crippen LogP contribution in [0.4, 0.5) is 0 Å². The highest BCUT2D eigenvalue weighted by Gasteiger charge is 2.29. The number of nitrogens with zero attached hydrogens (tertiary/aromatic N) is 1. The first-order valence-corrected chi connectivity index (χ1v) is 9.89. The quantitative estimate of drug-likeness (QED) is 0.415. The molecule has 2 aromatic carbocycles. The highest BCUT2D eigenvalue weighted by atomic mass is 35.5. The Kier molecular flexibility index (Phi) is 5.56. The summed E-state index contributed by atoms with van der Waals surface area (Å²) in [5.41, 5.74) is 1.61. The van der Waals surface area contributed by atoms with Crippen LogP contribution >= 0.6 is 23.2 Å². The summed E-state index contributed by atoms with van der Waals surface area (Å²) in [4.78, 5) is 21.9. The van der Waals surface area contributed by atoms with Crippen LogP contribution in [0.2, 0.25) is 10.0 Å². The second-order valence-corrected chi connectivity index (χ2v) is 7.55. The van der Waals surface area contributed by atoms with Crippen molar-refractivity contribution in [1.29, 1.82) is 5.41 Å². The van der Waals surface area contributed by atoms with Crippen LogP contribution in [-0.4, -0.2) is 15.8 Å². The summed E-state index contributed by atoms with van der Waals surface area (Å²) in [5.74, 6) is 1.10. The lowest BCUT2D eigenvalue weighted by Gasteiger charge is -2.13. The Balaban J connectivity index is 1.62. The van der Waals surface area contributed by atoms with Gasteiger partial charge in [-0.2, -0.15) is 4.99 Å².